The molecule has 0 saturated carbocycles. The van der Waals surface area contributed by atoms with Gasteiger partial charge in [-0.2, -0.15) is 0 Å². The Kier molecular flexibility index (Phi) is 4.99. The third-order valence-corrected chi connectivity index (χ3v) is 2.61. The fourth-order valence-corrected chi connectivity index (χ4v) is 1.73. The highest BCUT2D eigenvalue weighted by Gasteiger charge is 2.19. The van der Waals surface area contributed by atoms with Gasteiger partial charge >= 0.3 is 0 Å². The Morgan fingerprint density at radius 1 is 1.44 bits per heavy atom. The number of ether oxygens (including phenoxy) is 1. The Morgan fingerprint density at radius 3 is 2.75 bits per heavy atom. The van der Waals surface area contributed by atoms with Crippen LogP contribution < -0.4 is 0 Å². The Bertz CT molecular complexity index is 336. The number of carbonyl (C=O) groups excluding carboxylic acids is 1. The Balaban J connectivity index is 2.88. The number of aryl methyl sites for hydroxylation is 1. The van der Waals surface area contributed by atoms with Crippen LogP contribution in [-0.2, 0) is 16.0 Å². The molecule has 16 heavy (non-hydrogen) atoms. The van der Waals surface area contributed by atoms with E-state index in [-0.39, 0.29) is 0 Å². The number of rotatable bonds is 6. The van der Waals surface area contributed by atoms with E-state index >= 15 is 0 Å². The van der Waals surface area contributed by atoms with Gasteiger partial charge < -0.3 is 9.84 Å². The van der Waals surface area contributed by atoms with Crippen molar-refractivity contribution in [2.24, 2.45) is 0 Å². The second-order valence-corrected chi connectivity index (χ2v) is 3.83. The van der Waals surface area contributed by atoms with Crippen LogP contribution >= 0.6 is 0 Å². The summed E-state index contributed by atoms with van der Waals surface area (Å²) in [5.41, 5.74) is 1.96. The molecule has 0 heterocycles. The summed E-state index contributed by atoms with van der Waals surface area (Å²) in [6.45, 7) is 4.15. The second kappa shape index (κ2) is 6.28. The van der Waals surface area contributed by atoms with Gasteiger partial charge in [0.1, 0.15) is 12.2 Å². The van der Waals surface area contributed by atoms with Gasteiger partial charge in [0.25, 0.3) is 6.47 Å². The van der Waals surface area contributed by atoms with Crippen molar-refractivity contribution >= 4 is 6.47 Å². The maximum absolute atomic E-state index is 10.2. The van der Waals surface area contributed by atoms with E-state index < -0.39 is 12.2 Å². The Morgan fingerprint density at radius 2 is 2.12 bits per heavy atom. The molecule has 88 valence electrons. The summed E-state index contributed by atoms with van der Waals surface area (Å²) in [6.07, 6.45) is 0.664. The van der Waals surface area contributed by atoms with Gasteiger partial charge in [0.05, 0.1) is 0 Å². The van der Waals surface area contributed by atoms with E-state index in [1.54, 1.807) is 6.92 Å². The second-order valence-electron chi connectivity index (χ2n) is 3.83. The lowest BCUT2D eigenvalue weighted by atomic mass is 9.96. The molecule has 3 nitrogen and oxygen atoms in total. The van der Waals surface area contributed by atoms with Gasteiger partial charge in [-0.3, -0.25) is 4.79 Å². The maximum atomic E-state index is 10.2. The van der Waals surface area contributed by atoms with Crippen LogP contribution in [0.15, 0.2) is 24.3 Å². The number of hydrogen-bond donors (Lipinski definition) is 1. The van der Waals surface area contributed by atoms with Gasteiger partial charge in [0.15, 0.2) is 0 Å². The third-order valence-electron chi connectivity index (χ3n) is 2.61. The highest BCUT2D eigenvalue weighted by molar-refractivity contribution is 5.38. The number of benzene rings is 1. The summed E-state index contributed by atoms with van der Waals surface area (Å²) in [5, 5.41) is 10.0. The third kappa shape index (κ3) is 3.07. The van der Waals surface area contributed by atoms with E-state index in [4.69, 9.17) is 4.74 Å². The van der Waals surface area contributed by atoms with Gasteiger partial charge in [0, 0.05) is 0 Å². The standard InChI is InChI=1S/C13H18O3/c1-3-6-11-7-4-5-8-12(11)13(15)10(2)16-9-14/h4-5,7-10,13,15H,3,6H2,1-2H3. The van der Waals surface area contributed by atoms with Crippen LogP contribution in [-0.4, -0.2) is 17.7 Å². The zero-order valence-electron chi connectivity index (χ0n) is 9.72. The quantitative estimate of drug-likeness (QED) is 0.751. The van der Waals surface area contributed by atoms with E-state index in [1.165, 1.54) is 0 Å². The first-order chi connectivity index (χ1) is 7.70. The summed E-state index contributed by atoms with van der Waals surface area (Å²) in [4.78, 5) is 10.2. The highest BCUT2D eigenvalue weighted by atomic mass is 16.5. The van der Waals surface area contributed by atoms with Crippen LogP contribution in [0, 0.1) is 0 Å². The van der Waals surface area contributed by atoms with E-state index in [9.17, 15) is 9.90 Å². The lowest BCUT2D eigenvalue weighted by Crippen LogP contribution is -2.19. The van der Waals surface area contributed by atoms with Crippen LogP contribution in [0.3, 0.4) is 0 Å². The molecule has 1 N–H and O–H groups in total. The Labute approximate surface area is 96.1 Å². The molecule has 0 aliphatic heterocycles. The number of aliphatic hydroxyl groups is 1. The molecule has 0 aromatic heterocycles. The van der Waals surface area contributed by atoms with Crippen LogP contribution in [0.2, 0.25) is 0 Å². The first-order valence-corrected chi connectivity index (χ1v) is 5.55. The molecule has 1 aromatic rings. The summed E-state index contributed by atoms with van der Waals surface area (Å²) >= 11 is 0. The topological polar surface area (TPSA) is 46.5 Å². The summed E-state index contributed by atoms with van der Waals surface area (Å²) < 4.78 is 4.76. The van der Waals surface area contributed by atoms with Crippen LogP contribution in [0.5, 0.6) is 0 Å². The predicted octanol–water partition coefficient (Wildman–Crippen LogP) is 2.23. The molecule has 0 bridgehead atoms. The summed E-state index contributed by atoms with van der Waals surface area (Å²) in [7, 11) is 0. The molecule has 0 radical (unpaired) electrons. The predicted molar refractivity (Wildman–Crippen MR) is 62.0 cm³/mol. The van der Waals surface area contributed by atoms with Crippen LogP contribution in [0.25, 0.3) is 0 Å². The molecule has 0 saturated heterocycles. The zero-order valence-corrected chi connectivity index (χ0v) is 9.72. The lowest BCUT2D eigenvalue weighted by molar-refractivity contribution is -0.138. The molecule has 0 aliphatic rings. The van der Waals surface area contributed by atoms with E-state index in [0.717, 1.165) is 24.0 Å². The number of aliphatic hydroxyl groups excluding tert-OH is 1. The molecule has 0 amide bonds. The fraction of sp³-hybridized carbons (Fsp3) is 0.462. The maximum Gasteiger partial charge on any atom is 0.293 e. The normalized spacial score (nSPS) is 14.2. The SMILES string of the molecule is CCCc1ccccc1C(O)C(C)OC=O. The first-order valence-electron chi connectivity index (χ1n) is 5.55. The molecule has 1 aromatic carbocycles. The number of carbonyl (C=O) groups is 1. The van der Waals surface area contributed by atoms with Crippen molar-refractivity contribution in [2.45, 2.75) is 38.9 Å². The molecule has 2 unspecified atom stereocenters. The first kappa shape index (κ1) is 12.7. The summed E-state index contributed by atoms with van der Waals surface area (Å²) in [6, 6.07) is 7.70. The molecule has 3 heteroatoms. The van der Waals surface area contributed by atoms with Gasteiger partial charge in [-0.25, -0.2) is 0 Å². The van der Waals surface area contributed by atoms with Crippen LogP contribution in [0.1, 0.15) is 37.5 Å². The molecule has 0 fully saturated rings. The van der Waals surface area contributed by atoms with Gasteiger partial charge in [0.2, 0.25) is 0 Å². The molecular formula is C13H18O3. The minimum absolute atomic E-state index is 0.371. The van der Waals surface area contributed by atoms with Gasteiger partial charge in [-0.15, -0.1) is 0 Å². The highest BCUT2D eigenvalue weighted by Crippen LogP contribution is 2.23. The minimum atomic E-state index is -0.757. The van der Waals surface area contributed by atoms with Crippen molar-refractivity contribution in [1.82, 2.24) is 0 Å². The van der Waals surface area contributed by atoms with Gasteiger partial charge in [-0.1, -0.05) is 37.6 Å². The zero-order chi connectivity index (χ0) is 12.0. The fourth-order valence-electron chi connectivity index (χ4n) is 1.73. The lowest BCUT2D eigenvalue weighted by Gasteiger charge is -2.20. The molecule has 2 atom stereocenters. The molecule has 0 aliphatic carbocycles. The molecule has 1 rings (SSSR count). The van der Waals surface area contributed by atoms with Crippen molar-refractivity contribution in [3.63, 3.8) is 0 Å². The van der Waals surface area contributed by atoms with Crippen molar-refractivity contribution < 1.29 is 14.6 Å². The molecular weight excluding hydrogens is 204 g/mol. The average Bonchev–Trinajstić information content (AvgIpc) is 2.29. The average molecular weight is 222 g/mol. The van der Waals surface area contributed by atoms with Crippen LogP contribution in [0.4, 0.5) is 0 Å². The minimum Gasteiger partial charge on any atom is -0.462 e. The summed E-state index contributed by atoms with van der Waals surface area (Å²) in [5.74, 6) is 0. The van der Waals surface area contributed by atoms with Crippen molar-refractivity contribution in [2.75, 3.05) is 0 Å². The number of hydrogen-bond acceptors (Lipinski definition) is 3. The van der Waals surface area contributed by atoms with Gasteiger partial charge in [-0.05, 0) is 24.5 Å². The monoisotopic (exact) mass is 222 g/mol. The Hall–Kier alpha value is -1.35. The van der Waals surface area contributed by atoms with Crippen molar-refractivity contribution in [1.29, 1.82) is 0 Å². The largest absolute Gasteiger partial charge is 0.462 e. The van der Waals surface area contributed by atoms with E-state index in [0.29, 0.717) is 6.47 Å². The smallest absolute Gasteiger partial charge is 0.293 e. The van der Waals surface area contributed by atoms with E-state index in [1.807, 2.05) is 24.3 Å². The van der Waals surface area contributed by atoms with Crippen molar-refractivity contribution in [3.05, 3.63) is 35.4 Å². The van der Waals surface area contributed by atoms with Crippen molar-refractivity contribution in [3.8, 4) is 0 Å². The van der Waals surface area contributed by atoms with E-state index in [2.05, 4.69) is 6.92 Å². The molecule has 0 spiro atoms.